The van der Waals surface area contributed by atoms with E-state index in [4.69, 9.17) is 0 Å². The van der Waals surface area contributed by atoms with Crippen molar-refractivity contribution in [1.29, 1.82) is 0 Å². The van der Waals surface area contributed by atoms with Gasteiger partial charge in [-0.1, -0.05) is 6.42 Å². The molecule has 1 fully saturated rings. The number of aromatic nitrogens is 2. The predicted octanol–water partition coefficient (Wildman–Crippen LogP) is 2.10. The number of nitrogens with one attached hydrogen (secondary N) is 2. The second-order valence-electron chi connectivity index (χ2n) is 4.65. The van der Waals surface area contributed by atoms with Crippen LogP contribution in [-0.4, -0.2) is 35.3 Å². The molecule has 1 heterocycles. The van der Waals surface area contributed by atoms with Gasteiger partial charge in [0.15, 0.2) is 0 Å². The Labute approximate surface area is 116 Å². The molecule has 0 saturated heterocycles. The second kappa shape index (κ2) is 6.33. The van der Waals surface area contributed by atoms with E-state index in [9.17, 15) is 5.11 Å². The van der Waals surface area contributed by atoms with Crippen LogP contribution in [0.1, 0.15) is 19.3 Å². The smallest absolute Gasteiger partial charge is 0.145 e. The fraction of sp³-hybridized carbons (Fsp3) is 0.667. The Hall–Kier alpha value is -0.880. The topological polar surface area (TPSA) is 70.1 Å². The van der Waals surface area contributed by atoms with Crippen LogP contribution in [0.15, 0.2) is 10.8 Å². The van der Waals surface area contributed by atoms with Gasteiger partial charge in [0.25, 0.3) is 0 Å². The molecule has 0 aliphatic heterocycles. The molecule has 1 saturated carbocycles. The number of hydrogen-bond donors (Lipinski definition) is 3. The van der Waals surface area contributed by atoms with Gasteiger partial charge in [-0.3, -0.25) is 0 Å². The molecule has 2 unspecified atom stereocenters. The van der Waals surface area contributed by atoms with Crippen LogP contribution in [-0.2, 0) is 0 Å². The SMILES string of the molecule is CNc1ncnc(NCC2CCCC2CO)c1Br. The predicted molar refractivity (Wildman–Crippen MR) is 75.7 cm³/mol. The van der Waals surface area contributed by atoms with Gasteiger partial charge in [0, 0.05) is 20.2 Å². The van der Waals surface area contributed by atoms with Gasteiger partial charge in [-0.25, -0.2) is 9.97 Å². The highest BCUT2D eigenvalue weighted by atomic mass is 79.9. The first-order valence-corrected chi connectivity index (χ1v) is 7.08. The van der Waals surface area contributed by atoms with Gasteiger partial charge >= 0.3 is 0 Å². The van der Waals surface area contributed by atoms with E-state index in [0.29, 0.717) is 18.4 Å². The molecule has 1 aliphatic carbocycles. The Morgan fingerprint density at radius 3 is 2.78 bits per heavy atom. The minimum atomic E-state index is 0.291. The Morgan fingerprint density at radius 2 is 2.06 bits per heavy atom. The first-order valence-electron chi connectivity index (χ1n) is 6.29. The minimum Gasteiger partial charge on any atom is -0.396 e. The molecule has 3 N–H and O–H groups in total. The van der Waals surface area contributed by atoms with Crippen LogP contribution in [0.4, 0.5) is 11.6 Å². The lowest BCUT2D eigenvalue weighted by Crippen LogP contribution is -2.21. The highest BCUT2D eigenvalue weighted by molar-refractivity contribution is 9.10. The Balaban J connectivity index is 1.98. The fourth-order valence-electron chi connectivity index (χ4n) is 2.52. The fourth-order valence-corrected chi connectivity index (χ4v) is 3.06. The molecule has 18 heavy (non-hydrogen) atoms. The number of hydrogen-bond acceptors (Lipinski definition) is 5. The molecule has 1 aromatic heterocycles. The molecular formula is C12H19BrN4O. The van der Waals surface area contributed by atoms with Gasteiger partial charge in [0.2, 0.25) is 0 Å². The van der Waals surface area contributed by atoms with Gasteiger partial charge in [-0.05, 0) is 40.6 Å². The van der Waals surface area contributed by atoms with Crippen molar-refractivity contribution in [2.75, 3.05) is 30.8 Å². The first-order chi connectivity index (χ1) is 8.76. The van der Waals surface area contributed by atoms with E-state index in [-0.39, 0.29) is 0 Å². The maximum absolute atomic E-state index is 9.30. The molecule has 100 valence electrons. The van der Waals surface area contributed by atoms with E-state index in [1.807, 2.05) is 7.05 Å². The summed E-state index contributed by atoms with van der Waals surface area (Å²) in [6.45, 7) is 1.14. The highest BCUT2D eigenvalue weighted by Gasteiger charge is 2.26. The average Bonchev–Trinajstić information content (AvgIpc) is 2.85. The summed E-state index contributed by atoms with van der Waals surface area (Å²) in [5, 5.41) is 15.6. The van der Waals surface area contributed by atoms with Crippen molar-refractivity contribution in [2.45, 2.75) is 19.3 Å². The summed E-state index contributed by atoms with van der Waals surface area (Å²) in [7, 11) is 1.83. The van der Waals surface area contributed by atoms with E-state index in [2.05, 4.69) is 36.5 Å². The van der Waals surface area contributed by atoms with Gasteiger partial charge in [-0.2, -0.15) is 0 Å². The molecule has 0 bridgehead atoms. The van der Waals surface area contributed by atoms with E-state index < -0.39 is 0 Å². The van der Waals surface area contributed by atoms with Crippen molar-refractivity contribution in [3.05, 3.63) is 10.8 Å². The summed E-state index contributed by atoms with van der Waals surface area (Å²) in [5.41, 5.74) is 0. The van der Waals surface area contributed by atoms with Crippen LogP contribution in [0.25, 0.3) is 0 Å². The summed E-state index contributed by atoms with van der Waals surface area (Å²) < 4.78 is 0.853. The van der Waals surface area contributed by atoms with E-state index in [0.717, 1.165) is 29.1 Å². The number of aliphatic hydroxyl groups is 1. The summed E-state index contributed by atoms with van der Waals surface area (Å²) in [4.78, 5) is 8.35. The molecule has 5 nitrogen and oxygen atoms in total. The van der Waals surface area contributed by atoms with Crippen LogP contribution in [0.2, 0.25) is 0 Å². The number of aliphatic hydroxyl groups excluding tert-OH is 1. The summed E-state index contributed by atoms with van der Waals surface area (Å²) >= 11 is 3.48. The Bertz CT molecular complexity index is 402. The zero-order chi connectivity index (χ0) is 13.0. The van der Waals surface area contributed by atoms with Crippen molar-refractivity contribution in [1.82, 2.24) is 9.97 Å². The number of rotatable bonds is 5. The van der Waals surface area contributed by atoms with Crippen molar-refractivity contribution in [2.24, 2.45) is 11.8 Å². The van der Waals surface area contributed by atoms with E-state index >= 15 is 0 Å². The second-order valence-corrected chi connectivity index (χ2v) is 5.44. The van der Waals surface area contributed by atoms with Crippen molar-refractivity contribution in [3.8, 4) is 0 Å². The van der Waals surface area contributed by atoms with Crippen molar-refractivity contribution < 1.29 is 5.11 Å². The monoisotopic (exact) mass is 314 g/mol. The van der Waals surface area contributed by atoms with Crippen LogP contribution >= 0.6 is 15.9 Å². The van der Waals surface area contributed by atoms with Gasteiger partial charge in [-0.15, -0.1) is 0 Å². The summed E-state index contributed by atoms with van der Waals surface area (Å²) in [6, 6.07) is 0. The molecule has 0 amide bonds. The quantitative estimate of drug-likeness (QED) is 0.776. The third kappa shape index (κ3) is 2.92. The van der Waals surface area contributed by atoms with Gasteiger partial charge < -0.3 is 15.7 Å². The van der Waals surface area contributed by atoms with E-state index in [1.54, 1.807) is 0 Å². The zero-order valence-corrected chi connectivity index (χ0v) is 12.1. The van der Waals surface area contributed by atoms with Gasteiger partial charge in [0.05, 0.1) is 0 Å². The van der Waals surface area contributed by atoms with Crippen LogP contribution in [0, 0.1) is 11.8 Å². The van der Waals surface area contributed by atoms with Crippen LogP contribution in [0.5, 0.6) is 0 Å². The molecule has 1 aliphatic rings. The van der Waals surface area contributed by atoms with Crippen molar-refractivity contribution >= 4 is 27.6 Å². The van der Waals surface area contributed by atoms with Crippen molar-refractivity contribution in [3.63, 3.8) is 0 Å². The van der Waals surface area contributed by atoms with Gasteiger partial charge in [0.1, 0.15) is 22.4 Å². The first kappa shape index (κ1) is 13.5. The Kier molecular flexibility index (Phi) is 4.77. The van der Waals surface area contributed by atoms with Crippen LogP contribution in [0.3, 0.4) is 0 Å². The van der Waals surface area contributed by atoms with Crippen LogP contribution < -0.4 is 10.6 Å². The maximum atomic E-state index is 9.30. The molecule has 0 spiro atoms. The Morgan fingerprint density at radius 1 is 1.33 bits per heavy atom. The highest BCUT2D eigenvalue weighted by Crippen LogP contribution is 2.32. The lowest BCUT2D eigenvalue weighted by molar-refractivity contribution is 0.199. The molecule has 0 radical (unpaired) electrons. The minimum absolute atomic E-state index is 0.291. The number of anilines is 2. The lowest BCUT2D eigenvalue weighted by atomic mass is 9.97. The molecule has 1 aromatic rings. The standard InChI is InChI=1S/C12H19BrN4O/c1-14-11-10(13)12(17-7-16-11)15-5-8-3-2-4-9(8)6-18/h7-9,18H,2-6H2,1H3,(H2,14,15,16,17). The molecule has 2 rings (SSSR count). The average molecular weight is 315 g/mol. The zero-order valence-electron chi connectivity index (χ0n) is 10.5. The molecule has 2 atom stereocenters. The summed E-state index contributed by atoms with van der Waals surface area (Å²) in [5.74, 6) is 2.55. The van der Waals surface area contributed by atoms with E-state index in [1.165, 1.54) is 19.2 Å². The normalized spacial score (nSPS) is 23.1. The molecular weight excluding hydrogens is 296 g/mol. The largest absolute Gasteiger partial charge is 0.396 e. The lowest BCUT2D eigenvalue weighted by Gasteiger charge is -2.18. The third-order valence-electron chi connectivity index (χ3n) is 3.61. The molecule has 6 heteroatoms. The summed E-state index contributed by atoms with van der Waals surface area (Å²) in [6.07, 6.45) is 5.07. The molecule has 0 aromatic carbocycles. The maximum Gasteiger partial charge on any atom is 0.145 e. The number of halogens is 1. The third-order valence-corrected chi connectivity index (χ3v) is 4.36. The number of nitrogens with zero attached hydrogens (tertiary/aromatic N) is 2.